The summed E-state index contributed by atoms with van der Waals surface area (Å²) in [6.07, 6.45) is 0. The van der Waals surface area contributed by atoms with Crippen LogP contribution < -0.4 is 15.4 Å². The van der Waals surface area contributed by atoms with Crippen molar-refractivity contribution in [2.24, 2.45) is 0 Å². The number of thiophene rings is 1. The number of nitrogens with one attached hydrogen (secondary N) is 2. The molecule has 3 rings (SSSR count). The Morgan fingerprint density at radius 2 is 1.62 bits per heavy atom. The summed E-state index contributed by atoms with van der Waals surface area (Å²) >= 11 is 6.83. The molecule has 2 amide bonds. The summed E-state index contributed by atoms with van der Waals surface area (Å²) in [6.45, 7) is 3.29. The highest BCUT2D eigenvalue weighted by molar-refractivity contribution is 7.19. The van der Waals surface area contributed by atoms with Gasteiger partial charge in [-0.15, -0.1) is 11.3 Å². The van der Waals surface area contributed by atoms with Crippen LogP contribution in [0, 0.1) is 13.8 Å². The van der Waals surface area contributed by atoms with Crippen LogP contribution >= 0.6 is 22.9 Å². The Morgan fingerprint density at radius 1 is 0.969 bits per heavy atom. The van der Waals surface area contributed by atoms with Gasteiger partial charge in [0.1, 0.15) is 10.8 Å². The third-order valence-corrected chi connectivity index (χ3v) is 5.95. The minimum absolute atomic E-state index is 0.131. The predicted octanol–water partition coefficient (Wildman–Crippen LogP) is 5.07. The second kappa shape index (κ2) is 10.3. The Kier molecular flexibility index (Phi) is 7.50. The van der Waals surface area contributed by atoms with Gasteiger partial charge in [0, 0.05) is 10.7 Å². The average molecular weight is 473 g/mol. The Hall–Kier alpha value is -3.36. The number of esters is 1. The molecule has 0 aliphatic carbocycles. The second-order valence-electron chi connectivity index (χ2n) is 6.86. The van der Waals surface area contributed by atoms with Crippen molar-refractivity contribution in [1.82, 2.24) is 0 Å². The number of aryl methyl sites for hydroxylation is 1. The van der Waals surface area contributed by atoms with Crippen LogP contribution in [-0.4, -0.2) is 31.5 Å². The van der Waals surface area contributed by atoms with E-state index < -0.39 is 11.9 Å². The molecule has 0 bridgehead atoms. The molecule has 0 spiro atoms. The number of anilines is 2. The predicted molar refractivity (Wildman–Crippen MR) is 125 cm³/mol. The molecule has 9 heteroatoms. The van der Waals surface area contributed by atoms with Crippen molar-refractivity contribution in [3.63, 3.8) is 0 Å². The molecule has 0 unspecified atom stereocenters. The number of carbonyl (C=O) groups is 3. The Labute approximate surface area is 194 Å². The summed E-state index contributed by atoms with van der Waals surface area (Å²) in [5.74, 6) is -1.06. The molecule has 1 heterocycles. The topological polar surface area (TPSA) is 93.7 Å². The van der Waals surface area contributed by atoms with Crippen LogP contribution in [0.25, 0.3) is 0 Å². The lowest BCUT2D eigenvalue weighted by Crippen LogP contribution is -2.21. The third kappa shape index (κ3) is 5.66. The maximum atomic E-state index is 12.8. The molecule has 0 saturated heterocycles. The van der Waals surface area contributed by atoms with E-state index in [2.05, 4.69) is 10.6 Å². The molecule has 0 aliphatic heterocycles. The van der Waals surface area contributed by atoms with Crippen LogP contribution in [0.3, 0.4) is 0 Å². The van der Waals surface area contributed by atoms with Crippen LogP contribution in [-0.2, 0) is 9.53 Å². The molecule has 0 atom stereocenters. The number of methoxy groups -OCH3 is 1. The van der Waals surface area contributed by atoms with Gasteiger partial charge in [0.05, 0.1) is 17.6 Å². The Balaban J connectivity index is 1.77. The van der Waals surface area contributed by atoms with E-state index in [1.54, 1.807) is 43.3 Å². The summed E-state index contributed by atoms with van der Waals surface area (Å²) in [4.78, 5) is 37.9. The van der Waals surface area contributed by atoms with Crippen molar-refractivity contribution >= 4 is 51.4 Å². The molecule has 7 nitrogen and oxygen atoms in total. The lowest BCUT2D eigenvalue weighted by Gasteiger charge is -2.08. The molecular weight excluding hydrogens is 452 g/mol. The fraction of sp³-hybridized carbons (Fsp3) is 0.174. The zero-order valence-corrected chi connectivity index (χ0v) is 19.2. The van der Waals surface area contributed by atoms with Gasteiger partial charge < -0.3 is 20.1 Å². The number of halogens is 1. The zero-order chi connectivity index (χ0) is 23.3. The second-order valence-corrected chi connectivity index (χ2v) is 8.32. The van der Waals surface area contributed by atoms with E-state index in [-0.39, 0.29) is 23.1 Å². The van der Waals surface area contributed by atoms with E-state index in [1.807, 2.05) is 19.1 Å². The molecule has 2 N–H and O–H groups in total. The minimum atomic E-state index is -0.651. The van der Waals surface area contributed by atoms with Crippen LogP contribution in [0.15, 0.2) is 48.5 Å². The first-order chi connectivity index (χ1) is 15.3. The van der Waals surface area contributed by atoms with Crippen molar-refractivity contribution in [2.45, 2.75) is 13.8 Å². The highest BCUT2D eigenvalue weighted by atomic mass is 35.5. The SMILES string of the molecule is COC(=O)c1c(NC(=O)COc2ccc(Cl)cc2)sc(C(=O)Nc2ccc(C)cc2)c1C. The minimum Gasteiger partial charge on any atom is -0.484 e. The van der Waals surface area contributed by atoms with E-state index in [0.717, 1.165) is 16.9 Å². The zero-order valence-electron chi connectivity index (χ0n) is 17.7. The van der Waals surface area contributed by atoms with E-state index >= 15 is 0 Å². The van der Waals surface area contributed by atoms with Crippen LogP contribution in [0.1, 0.15) is 31.2 Å². The monoisotopic (exact) mass is 472 g/mol. The summed E-state index contributed by atoms with van der Waals surface area (Å²) in [6, 6.07) is 13.9. The van der Waals surface area contributed by atoms with E-state index in [4.69, 9.17) is 21.1 Å². The van der Waals surface area contributed by atoms with Crippen LogP contribution in [0.2, 0.25) is 5.02 Å². The fourth-order valence-corrected chi connectivity index (χ4v) is 4.07. The largest absolute Gasteiger partial charge is 0.484 e. The van der Waals surface area contributed by atoms with E-state index in [0.29, 0.717) is 26.9 Å². The smallest absolute Gasteiger partial charge is 0.341 e. The van der Waals surface area contributed by atoms with E-state index in [1.165, 1.54) is 7.11 Å². The summed E-state index contributed by atoms with van der Waals surface area (Å²) in [7, 11) is 1.24. The molecule has 2 aromatic carbocycles. The van der Waals surface area contributed by atoms with Crippen molar-refractivity contribution in [1.29, 1.82) is 0 Å². The maximum absolute atomic E-state index is 12.8. The van der Waals surface area contributed by atoms with Crippen LogP contribution in [0.4, 0.5) is 10.7 Å². The standard InChI is InChI=1S/C23H21ClN2O5S/c1-13-4-8-16(9-5-13)25-21(28)20-14(2)19(23(29)30-3)22(32-20)26-18(27)12-31-17-10-6-15(24)7-11-17/h4-11H,12H2,1-3H3,(H,25,28)(H,26,27). The normalized spacial score (nSPS) is 10.4. The number of benzene rings is 2. The molecular formula is C23H21ClN2O5S. The average Bonchev–Trinajstić information content (AvgIpc) is 3.10. The van der Waals surface area contributed by atoms with Gasteiger partial charge in [0.15, 0.2) is 6.61 Å². The quantitative estimate of drug-likeness (QED) is 0.468. The number of hydrogen-bond donors (Lipinski definition) is 2. The summed E-state index contributed by atoms with van der Waals surface area (Å²) < 4.78 is 10.3. The van der Waals surface area contributed by atoms with Gasteiger partial charge >= 0.3 is 5.97 Å². The number of hydrogen-bond acceptors (Lipinski definition) is 6. The van der Waals surface area contributed by atoms with Gasteiger partial charge in [-0.2, -0.15) is 0 Å². The summed E-state index contributed by atoms with van der Waals surface area (Å²) in [5.41, 5.74) is 2.23. The van der Waals surface area contributed by atoms with Gasteiger partial charge in [-0.05, 0) is 55.8 Å². The molecule has 0 aliphatic rings. The van der Waals surface area contributed by atoms with Gasteiger partial charge in [-0.3, -0.25) is 9.59 Å². The van der Waals surface area contributed by atoms with Crippen LogP contribution in [0.5, 0.6) is 5.75 Å². The van der Waals surface area contributed by atoms with Crippen molar-refractivity contribution in [3.8, 4) is 5.75 Å². The van der Waals surface area contributed by atoms with Gasteiger partial charge in [0.2, 0.25) is 0 Å². The molecule has 32 heavy (non-hydrogen) atoms. The number of amides is 2. The number of carbonyl (C=O) groups excluding carboxylic acids is 3. The van der Waals surface area contributed by atoms with E-state index in [9.17, 15) is 14.4 Å². The third-order valence-electron chi connectivity index (χ3n) is 4.49. The Morgan fingerprint density at radius 3 is 2.25 bits per heavy atom. The van der Waals surface area contributed by atoms with Crippen molar-refractivity contribution in [2.75, 3.05) is 24.4 Å². The molecule has 0 fully saturated rings. The van der Waals surface area contributed by atoms with Crippen molar-refractivity contribution in [3.05, 3.63) is 75.1 Å². The maximum Gasteiger partial charge on any atom is 0.341 e. The molecule has 166 valence electrons. The number of rotatable bonds is 7. The lowest BCUT2D eigenvalue weighted by atomic mass is 10.1. The first kappa shape index (κ1) is 23.3. The first-order valence-electron chi connectivity index (χ1n) is 9.56. The molecule has 0 saturated carbocycles. The highest BCUT2D eigenvalue weighted by Gasteiger charge is 2.26. The molecule has 0 radical (unpaired) electrons. The van der Waals surface area contributed by atoms with Crippen molar-refractivity contribution < 1.29 is 23.9 Å². The lowest BCUT2D eigenvalue weighted by molar-refractivity contribution is -0.118. The summed E-state index contributed by atoms with van der Waals surface area (Å²) in [5, 5.41) is 6.21. The van der Waals surface area contributed by atoms with Gasteiger partial charge in [0.25, 0.3) is 11.8 Å². The molecule has 3 aromatic rings. The Bertz CT molecular complexity index is 1140. The fourth-order valence-electron chi connectivity index (χ4n) is 2.83. The van der Waals surface area contributed by atoms with Gasteiger partial charge in [-0.25, -0.2) is 4.79 Å². The first-order valence-corrected chi connectivity index (χ1v) is 10.8. The van der Waals surface area contributed by atoms with Gasteiger partial charge in [-0.1, -0.05) is 29.3 Å². The molecule has 1 aromatic heterocycles. The number of ether oxygens (including phenoxy) is 2. The highest BCUT2D eigenvalue weighted by Crippen LogP contribution is 2.34.